The minimum atomic E-state index is -0.490. The van der Waals surface area contributed by atoms with Crippen molar-refractivity contribution in [3.05, 3.63) is 35.9 Å². The molecule has 0 aromatic heterocycles. The van der Waals surface area contributed by atoms with E-state index in [4.69, 9.17) is 0 Å². The van der Waals surface area contributed by atoms with Crippen LogP contribution in [0, 0.1) is 5.92 Å². The number of thioether (sulfide) groups is 1. The van der Waals surface area contributed by atoms with Gasteiger partial charge in [-0.15, -0.1) is 0 Å². The van der Waals surface area contributed by atoms with Crippen molar-refractivity contribution in [1.29, 1.82) is 0 Å². The molecule has 1 saturated heterocycles. The van der Waals surface area contributed by atoms with Crippen LogP contribution in [0.1, 0.15) is 43.7 Å². The third kappa shape index (κ3) is 3.38. The molecule has 1 aliphatic carbocycles. The highest BCUT2D eigenvalue weighted by molar-refractivity contribution is 7.99. The number of hydrogen-bond donors (Lipinski definition) is 2. The molecule has 2 nitrogen and oxygen atoms in total. The van der Waals surface area contributed by atoms with Gasteiger partial charge in [-0.25, -0.2) is 0 Å². The van der Waals surface area contributed by atoms with Crippen LogP contribution in [-0.2, 0) is 0 Å². The summed E-state index contributed by atoms with van der Waals surface area (Å²) in [6.07, 6.45) is 6.28. The molecule has 0 bridgehead atoms. The van der Waals surface area contributed by atoms with Crippen LogP contribution >= 0.6 is 11.8 Å². The van der Waals surface area contributed by atoms with E-state index < -0.39 is 5.60 Å². The molecule has 0 radical (unpaired) electrons. The first-order valence-electron chi connectivity index (χ1n) is 7.85. The van der Waals surface area contributed by atoms with Crippen molar-refractivity contribution < 1.29 is 5.11 Å². The van der Waals surface area contributed by atoms with Crippen molar-refractivity contribution >= 4 is 11.8 Å². The largest absolute Gasteiger partial charge is 0.388 e. The monoisotopic (exact) mass is 291 g/mol. The van der Waals surface area contributed by atoms with E-state index in [-0.39, 0.29) is 0 Å². The maximum absolute atomic E-state index is 10.5. The fraction of sp³-hybridized carbons (Fsp3) is 0.647. The molecule has 3 rings (SSSR count). The van der Waals surface area contributed by atoms with Gasteiger partial charge < -0.3 is 10.4 Å². The van der Waals surface area contributed by atoms with Gasteiger partial charge in [0.15, 0.2) is 0 Å². The molecule has 3 heteroatoms. The predicted molar refractivity (Wildman–Crippen MR) is 86.0 cm³/mol. The Hall–Kier alpha value is -0.510. The molecule has 2 fully saturated rings. The van der Waals surface area contributed by atoms with Gasteiger partial charge in [-0.3, -0.25) is 0 Å². The average molecular weight is 291 g/mol. The Kier molecular flexibility index (Phi) is 4.69. The van der Waals surface area contributed by atoms with Crippen molar-refractivity contribution in [1.82, 2.24) is 5.32 Å². The second kappa shape index (κ2) is 6.50. The highest BCUT2D eigenvalue weighted by atomic mass is 32.2. The lowest BCUT2D eigenvalue weighted by Crippen LogP contribution is -2.43. The van der Waals surface area contributed by atoms with Crippen molar-refractivity contribution in [3.63, 3.8) is 0 Å². The first kappa shape index (κ1) is 14.4. The van der Waals surface area contributed by atoms with Gasteiger partial charge in [0.05, 0.1) is 5.60 Å². The molecule has 2 aliphatic rings. The summed E-state index contributed by atoms with van der Waals surface area (Å²) in [5.74, 6) is 2.71. The van der Waals surface area contributed by atoms with E-state index in [1.165, 1.54) is 31.2 Å². The lowest BCUT2D eigenvalue weighted by Gasteiger charge is -2.30. The van der Waals surface area contributed by atoms with Crippen LogP contribution in [0.15, 0.2) is 30.3 Å². The third-order valence-electron chi connectivity index (χ3n) is 4.76. The summed E-state index contributed by atoms with van der Waals surface area (Å²) in [4.78, 5) is 0. The first-order chi connectivity index (χ1) is 9.77. The number of hydrogen-bond acceptors (Lipinski definition) is 3. The first-order valence-corrected chi connectivity index (χ1v) is 9.01. The Morgan fingerprint density at radius 1 is 1.25 bits per heavy atom. The second-order valence-electron chi connectivity index (χ2n) is 6.34. The van der Waals surface area contributed by atoms with Gasteiger partial charge in [0.2, 0.25) is 0 Å². The number of benzene rings is 1. The van der Waals surface area contributed by atoms with E-state index in [2.05, 4.69) is 35.6 Å². The summed E-state index contributed by atoms with van der Waals surface area (Å²) in [5, 5.41) is 14.2. The molecule has 110 valence electrons. The zero-order valence-electron chi connectivity index (χ0n) is 12.1. The highest BCUT2D eigenvalue weighted by Gasteiger charge is 2.34. The summed E-state index contributed by atoms with van der Waals surface area (Å²) in [6, 6.07) is 11.2. The molecular formula is C17H25NOS. The fourth-order valence-corrected chi connectivity index (χ4v) is 4.84. The maximum atomic E-state index is 10.5. The molecular weight excluding hydrogens is 266 g/mol. The molecule has 1 heterocycles. The minimum Gasteiger partial charge on any atom is -0.388 e. The number of aliphatic hydroxyl groups is 1. The van der Waals surface area contributed by atoms with Crippen LogP contribution in [0.3, 0.4) is 0 Å². The van der Waals surface area contributed by atoms with Crippen molar-refractivity contribution in [2.45, 2.75) is 43.7 Å². The van der Waals surface area contributed by atoms with E-state index in [0.717, 1.165) is 30.4 Å². The van der Waals surface area contributed by atoms with Crippen LogP contribution in [0.5, 0.6) is 0 Å². The van der Waals surface area contributed by atoms with Gasteiger partial charge in [0.1, 0.15) is 0 Å². The van der Waals surface area contributed by atoms with E-state index in [9.17, 15) is 5.11 Å². The van der Waals surface area contributed by atoms with Crippen molar-refractivity contribution in [3.8, 4) is 0 Å². The van der Waals surface area contributed by atoms with Crippen molar-refractivity contribution in [2.24, 2.45) is 5.92 Å². The van der Waals surface area contributed by atoms with Gasteiger partial charge in [-0.05, 0) is 36.5 Å². The minimum absolute atomic E-state index is 0.410. The molecule has 1 saturated carbocycles. The van der Waals surface area contributed by atoms with Crippen molar-refractivity contribution in [2.75, 3.05) is 18.1 Å². The molecule has 2 atom stereocenters. The third-order valence-corrected chi connectivity index (χ3v) is 6.00. The fourth-order valence-electron chi connectivity index (χ4n) is 3.54. The van der Waals surface area contributed by atoms with E-state index in [1.807, 2.05) is 11.8 Å². The van der Waals surface area contributed by atoms with E-state index in [0.29, 0.717) is 6.04 Å². The zero-order chi connectivity index (χ0) is 13.8. The lowest BCUT2D eigenvalue weighted by molar-refractivity contribution is 0.0619. The van der Waals surface area contributed by atoms with Crippen LogP contribution < -0.4 is 5.32 Å². The Balaban J connectivity index is 1.69. The SMILES string of the molecule is OC1(CNC(c2ccccc2)C2CCCC2)CCSC1. The molecule has 2 N–H and O–H groups in total. The Bertz CT molecular complexity index is 410. The van der Waals surface area contributed by atoms with Crippen LogP contribution in [0.2, 0.25) is 0 Å². The predicted octanol–water partition coefficient (Wildman–Crippen LogP) is 3.38. The van der Waals surface area contributed by atoms with Gasteiger partial charge >= 0.3 is 0 Å². The van der Waals surface area contributed by atoms with Crippen LogP contribution in [0.4, 0.5) is 0 Å². The average Bonchev–Trinajstić information content (AvgIpc) is 3.13. The summed E-state index contributed by atoms with van der Waals surface area (Å²) < 4.78 is 0. The molecule has 1 aromatic carbocycles. The van der Waals surface area contributed by atoms with Gasteiger partial charge in [0, 0.05) is 18.3 Å². The van der Waals surface area contributed by atoms with Gasteiger partial charge in [-0.2, -0.15) is 11.8 Å². The summed E-state index contributed by atoms with van der Waals surface area (Å²) >= 11 is 1.87. The van der Waals surface area contributed by atoms with Crippen LogP contribution in [-0.4, -0.2) is 28.8 Å². The van der Waals surface area contributed by atoms with Gasteiger partial charge in [0.25, 0.3) is 0 Å². The molecule has 20 heavy (non-hydrogen) atoms. The second-order valence-corrected chi connectivity index (χ2v) is 7.45. The zero-order valence-corrected chi connectivity index (χ0v) is 12.9. The molecule has 1 aliphatic heterocycles. The Morgan fingerprint density at radius 2 is 2.00 bits per heavy atom. The highest BCUT2D eigenvalue weighted by Crippen LogP contribution is 2.36. The summed E-state index contributed by atoms with van der Waals surface area (Å²) in [7, 11) is 0. The number of nitrogens with one attached hydrogen (secondary N) is 1. The topological polar surface area (TPSA) is 32.3 Å². The lowest BCUT2D eigenvalue weighted by atomic mass is 9.90. The quantitative estimate of drug-likeness (QED) is 0.872. The van der Waals surface area contributed by atoms with Crippen LogP contribution in [0.25, 0.3) is 0 Å². The van der Waals surface area contributed by atoms with E-state index in [1.54, 1.807) is 0 Å². The number of rotatable bonds is 5. The summed E-state index contributed by atoms with van der Waals surface area (Å²) in [6.45, 7) is 0.732. The Labute approximate surface area is 126 Å². The molecule has 0 spiro atoms. The van der Waals surface area contributed by atoms with E-state index >= 15 is 0 Å². The molecule has 0 amide bonds. The molecule has 1 aromatic rings. The smallest absolute Gasteiger partial charge is 0.0869 e. The Morgan fingerprint density at radius 3 is 2.65 bits per heavy atom. The summed E-state index contributed by atoms with van der Waals surface area (Å²) in [5.41, 5.74) is 0.893. The standard InChI is InChI=1S/C17H25NOS/c19-17(10-11-20-13-17)12-18-16(15-8-4-5-9-15)14-6-2-1-3-7-14/h1-3,6-7,15-16,18-19H,4-5,8-13H2. The normalized spacial score (nSPS) is 28.9. The molecule has 2 unspecified atom stereocenters. The maximum Gasteiger partial charge on any atom is 0.0869 e. The van der Waals surface area contributed by atoms with Gasteiger partial charge in [-0.1, -0.05) is 43.2 Å².